The van der Waals surface area contributed by atoms with E-state index in [-0.39, 0.29) is 42.4 Å². The van der Waals surface area contributed by atoms with Crippen LogP contribution in [0, 0.1) is 0 Å². The van der Waals surface area contributed by atoms with Gasteiger partial charge in [-0.05, 0) is 38.0 Å². The number of rotatable bonds is 10. The number of ether oxygens (including phenoxy) is 3. The van der Waals surface area contributed by atoms with Crippen molar-refractivity contribution in [2.24, 2.45) is 4.99 Å². The van der Waals surface area contributed by atoms with Crippen molar-refractivity contribution in [2.75, 3.05) is 32.9 Å². The SMILES string of the molecule is CCNC(=NCc1cc(Cl)ccc1OC(F)F)NCCCOC1CCOC1.I. The van der Waals surface area contributed by atoms with Crippen LogP contribution in [0.1, 0.15) is 25.3 Å². The second-order valence-corrected chi connectivity index (χ2v) is 6.40. The van der Waals surface area contributed by atoms with Crippen LogP contribution in [-0.4, -0.2) is 51.6 Å². The van der Waals surface area contributed by atoms with Crippen LogP contribution in [0.3, 0.4) is 0 Å². The topological polar surface area (TPSA) is 64.1 Å². The van der Waals surface area contributed by atoms with Crippen LogP contribution in [0.2, 0.25) is 5.02 Å². The van der Waals surface area contributed by atoms with E-state index in [4.69, 9.17) is 21.1 Å². The van der Waals surface area contributed by atoms with Gasteiger partial charge < -0.3 is 24.8 Å². The van der Waals surface area contributed by atoms with Crippen molar-refractivity contribution in [2.45, 2.75) is 39.0 Å². The zero-order valence-corrected chi connectivity index (χ0v) is 18.8. The first-order valence-electron chi connectivity index (χ1n) is 9.03. The minimum atomic E-state index is -2.90. The van der Waals surface area contributed by atoms with E-state index in [9.17, 15) is 8.78 Å². The first kappa shape index (κ1) is 25.1. The van der Waals surface area contributed by atoms with E-state index >= 15 is 0 Å². The zero-order chi connectivity index (χ0) is 19.5. The molecule has 1 saturated heterocycles. The van der Waals surface area contributed by atoms with E-state index in [1.54, 1.807) is 6.07 Å². The van der Waals surface area contributed by atoms with Crippen molar-refractivity contribution >= 4 is 41.5 Å². The molecule has 0 saturated carbocycles. The number of benzene rings is 1. The number of hydrogen-bond donors (Lipinski definition) is 2. The summed E-state index contributed by atoms with van der Waals surface area (Å²) >= 11 is 5.96. The van der Waals surface area contributed by atoms with Crippen molar-refractivity contribution in [1.29, 1.82) is 0 Å². The average Bonchev–Trinajstić information content (AvgIpc) is 3.14. The van der Waals surface area contributed by atoms with Crippen molar-refractivity contribution < 1.29 is 23.0 Å². The highest BCUT2D eigenvalue weighted by Gasteiger charge is 2.15. The maximum Gasteiger partial charge on any atom is 0.387 e. The van der Waals surface area contributed by atoms with Gasteiger partial charge in [0.1, 0.15) is 5.75 Å². The number of nitrogens with zero attached hydrogens (tertiary/aromatic N) is 1. The predicted molar refractivity (Wildman–Crippen MR) is 116 cm³/mol. The van der Waals surface area contributed by atoms with Crippen LogP contribution in [0.5, 0.6) is 5.75 Å². The monoisotopic (exact) mass is 533 g/mol. The molecule has 28 heavy (non-hydrogen) atoms. The molecule has 0 aliphatic carbocycles. The minimum absolute atomic E-state index is 0. The van der Waals surface area contributed by atoms with Gasteiger partial charge in [-0.15, -0.1) is 24.0 Å². The molecule has 0 amide bonds. The number of guanidine groups is 1. The van der Waals surface area contributed by atoms with Gasteiger partial charge in [-0.2, -0.15) is 8.78 Å². The highest BCUT2D eigenvalue weighted by Crippen LogP contribution is 2.25. The molecule has 2 N–H and O–H groups in total. The van der Waals surface area contributed by atoms with E-state index < -0.39 is 6.61 Å². The minimum Gasteiger partial charge on any atom is -0.434 e. The van der Waals surface area contributed by atoms with Crippen LogP contribution in [0.4, 0.5) is 8.78 Å². The lowest BCUT2D eigenvalue weighted by Gasteiger charge is -2.14. The molecular formula is C18H27ClF2IN3O3. The molecule has 1 unspecified atom stereocenters. The molecule has 2 rings (SSSR count). The summed E-state index contributed by atoms with van der Waals surface area (Å²) in [5.41, 5.74) is 0.490. The first-order valence-corrected chi connectivity index (χ1v) is 9.41. The van der Waals surface area contributed by atoms with Crippen molar-refractivity contribution in [3.05, 3.63) is 28.8 Å². The lowest BCUT2D eigenvalue weighted by Crippen LogP contribution is -2.38. The second kappa shape index (κ2) is 14.1. The molecule has 1 atom stereocenters. The molecule has 1 heterocycles. The van der Waals surface area contributed by atoms with Gasteiger partial charge in [-0.1, -0.05) is 11.6 Å². The van der Waals surface area contributed by atoms with Crippen molar-refractivity contribution in [3.63, 3.8) is 0 Å². The molecule has 0 radical (unpaired) electrons. The first-order chi connectivity index (χ1) is 13.1. The molecule has 6 nitrogen and oxygen atoms in total. The molecule has 1 aliphatic heterocycles. The Kier molecular flexibility index (Phi) is 12.7. The lowest BCUT2D eigenvalue weighted by atomic mass is 10.2. The van der Waals surface area contributed by atoms with Crippen molar-refractivity contribution in [3.8, 4) is 5.75 Å². The van der Waals surface area contributed by atoms with E-state index in [1.807, 2.05) is 6.92 Å². The van der Waals surface area contributed by atoms with E-state index in [2.05, 4.69) is 20.4 Å². The van der Waals surface area contributed by atoms with Crippen LogP contribution < -0.4 is 15.4 Å². The second-order valence-electron chi connectivity index (χ2n) is 5.96. The maximum atomic E-state index is 12.5. The van der Waals surface area contributed by atoms with Crippen LogP contribution >= 0.6 is 35.6 Å². The highest BCUT2D eigenvalue weighted by molar-refractivity contribution is 14.0. The Balaban J connectivity index is 0.00000392. The average molecular weight is 534 g/mol. The fourth-order valence-corrected chi connectivity index (χ4v) is 2.76. The molecule has 1 aliphatic rings. The van der Waals surface area contributed by atoms with Gasteiger partial charge in [0, 0.05) is 36.9 Å². The highest BCUT2D eigenvalue weighted by atomic mass is 127. The summed E-state index contributed by atoms with van der Waals surface area (Å²) in [5, 5.41) is 6.75. The molecule has 1 fully saturated rings. The van der Waals surface area contributed by atoms with Gasteiger partial charge in [-0.3, -0.25) is 0 Å². The molecule has 0 bridgehead atoms. The Bertz CT molecular complexity index is 605. The summed E-state index contributed by atoms with van der Waals surface area (Å²) < 4.78 is 40.6. The van der Waals surface area contributed by atoms with E-state index in [0.29, 0.717) is 42.8 Å². The summed E-state index contributed by atoms with van der Waals surface area (Å²) in [4.78, 5) is 4.42. The summed E-state index contributed by atoms with van der Waals surface area (Å²) in [6.45, 7) is 2.64. The number of halogens is 4. The predicted octanol–water partition coefficient (Wildman–Crippen LogP) is 3.81. The van der Waals surface area contributed by atoms with E-state index in [0.717, 1.165) is 19.4 Å². The lowest BCUT2D eigenvalue weighted by molar-refractivity contribution is -0.0504. The van der Waals surface area contributed by atoms with Crippen molar-refractivity contribution in [1.82, 2.24) is 10.6 Å². The fourth-order valence-electron chi connectivity index (χ4n) is 2.56. The smallest absolute Gasteiger partial charge is 0.387 e. The molecule has 0 spiro atoms. The van der Waals surface area contributed by atoms with Gasteiger partial charge in [0.2, 0.25) is 0 Å². The van der Waals surface area contributed by atoms with Crippen LogP contribution in [-0.2, 0) is 16.0 Å². The maximum absolute atomic E-state index is 12.5. The van der Waals surface area contributed by atoms with Gasteiger partial charge in [0.25, 0.3) is 0 Å². The summed E-state index contributed by atoms with van der Waals surface area (Å²) in [5.74, 6) is 0.658. The van der Waals surface area contributed by atoms with Gasteiger partial charge >= 0.3 is 6.61 Å². The normalized spacial score (nSPS) is 16.8. The van der Waals surface area contributed by atoms with Gasteiger partial charge in [0.05, 0.1) is 19.3 Å². The Labute approximate surface area is 186 Å². The van der Waals surface area contributed by atoms with Crippen LogP contribution in [0.25, 0.3) is 0 Å². The summed E-state index contributed by atoms with van der Waals surface area (Å²) in [6.07, 6.45) is 1.96. The molecule has 1 aromatic rings. The number of nitrogens with one attached hydrogen (secondary N) is 2. The summed E-state index contributed by atoms with van der Waals surface area (Å²) in [7, 11) is 0. The number of aliphatic imine (C=N–C) groups is 1. The standard InChI is InChI=1S/C18H26ClF2N3O3.HI/c1-2-22-18(23-7-3-8-26-15-6-9-25-12-15)24-11-13-10-14(19)4-5-16(13)27-17(20)21;/h4-5,10,15,17H,2-3,6-9,11-12H2,1H3,(H2,22,23,24);1H. The molecular weight excluding hydrogens is 507 g/mol. The number of alkyl halides is 2. The van der Waals surface area contributed by atoms with Gasteiger partial charge in [-0.25, -0.2) is 4.99 Å². The molecule has 0 aromatic heterocycles. The fraction of sp³-hybridized carbons (Fsp3) is 0.611. The Morgan fingerprint density at radius 2 is 2.21 bits per heavy atom. The Morgan fingerprint density at radius 3 is 2.89 bits per heavy atom. The summed E-state index contributed by atoms with van der Waals surface area (Å²) in [6, 6.07) is 4.50. The van der Waals surface area contributed by atoms with Crippen LogP contribution in [0.15, 0.2) is 23.2 Å². The quantitative estimate of drug-likeness (QED) is 0.207. The largest absolute Gasteiger partial charge is 0.434 e. The third-order valence-corrected chi connectivity index (χ3v) is 4.08. The Hall–Kier alpha value is -0.910. The third kappa shape index (κ3) is 9.53. The van der Waals surface area contributed by atoms with Gasteiger partial charge in [0.15, 0.2) is 5.96 Å². The molecule has 160 valence electrons. The Morgan fingerprint density at radius 1 is 1.39 bits per heavy atom. The zero-order valence-electron chi connectivity index (χ0n) is 15.8. The molecule has 10 heteroatoms. The number of hydrogen-bond acceptors (Lipinski definition) is 4. The van der Waals surface area contributed by atoms with E-state index in [1.165, 1.54) is 12.1 Å². The molecule has 1 aromatic carbocycles. The third-order valence-electron chi connectivity index (χ3n) is 3.85.